The van der Waals surface area contributed by atoms with E-state index in [1.807, 2.05) is 30.3 Å². The number of hydrogen-bond acceptors (Lipinski definition) is 3. The van der Waals surface area contributed by atoms with E-state index in [1.165, 1.54) is 11.1 Å². The topological polar surface area (TPSA) is 63.9 Å². The minimum absolute atomic E-state index is 0.479. The van der Waals surface area contributed by atoms with Gasteiger partial charge in [0.15, 0.2) is 0 Å². The average molecular weight is 281 g/mol. The van der Waals surface area contributed by atoms with E-state index in [1.54, 1.807) is 0 Å². The molecule has 0 radical (unpaired) electrons. The molecule has 108 valence electrons. The van der Waals surface area contributed by atoms with Gasteiger partial charge in [0.1, 0.15) is 5.75 Å². The fraction of sp³-hybridized carbons (Fsp3) is 0.235. The first kappa shape index (κ1) is 13.5. The number of nitrogens with two attached hydrogens (primary N) is 1. The summed E-state index contributed by atoms with van der Waals surface area (Å²) in [6.07, 6.45) is 0. The maximum atomic E-state index is 5.81. The lowest BCUT2D eigenvalue weighted by molar-refractivity contribution is 0.448. The minimum Gasteiger partial charge on any atom is -0.426 e. The van der Waals surface area contributed by atoms with Gasteiger partial charge in [-0.2, -0.15) is 4.98 Å². The number of nitrogens with one attached hydrogen (secondary N) is 1. The fourth-order valence-corrected chi connectivity index (χ4v) is 2.52. The van der Waals surface area contributed by atoms with Gasteiger partial charge >= 0.3 is 0 Å². The van der Waals surface area contributed by atoms with E-state index in [9.17, 15) is 0 Å². The summed E-state index contributed by atoms with van der Waals surface area (Å²) in [4.78, 5) is 7.53. The SMILES string of the molecule is Cc1cc(Oc2nc3ccc(N)cc3[nH]2)ccc1C(C)C. The average Bonchev–Trinajstić information content (AvgIpc) is 2.79. The molecule has 1 heterocycles. The molecule has 0 fully saturated rings. The molecule has 0 aliphatic carbocycles. The molecule has 0 aliphatic heterocycles. The van der Waals surface area contributed by atoms with Crippen molar-refractivity contribution in [2.45, 2.75) is 26.7 Å². The van der Waals surface area contributed by atoms with Crippen molar-refractivity contribution in [1.29, 1.82) is 0 Å². The van der Waals surface area contributed by atoms with Gasteiger partial charge in [-0.05, 0) is 54.3 Å². The number of imidazole rings is 1. The predicted octanol–water partition coefficient (Wildman–Crippen LogP) is 4.37. The fourth-order valence-electron chi connectivity index (χ4n) is 2.52. The van der Waals surface area contributed by atoms with E-state index in [2.05, 4.69) is 36.8 Å². The van der Waals surface area contributed by atoms with Crippen LogP contribution in [0.1, 0.15) is 30.9 Å². The first-order valence-electron chi connectivity index (χ1n) is 7.06. The van der Waals surface area contributed by atoms with Gasteiger partial charge in [0.2, 0.25) is 0 Å². The summed E-state index contributed by atoms with van der Waals surface area (Å²) in [7, 11) is 0. The Morgan fingerprint density at radius 1 is 1.14 bits per heavy atom. The number of nitrogen functional groups attached to an aromatic ring is 1. The molecule has 1 aromatic heterocycles. The number of rotatable bonds is 3. The smallest absolute Gasteiger partial charge is 0.300 e. The van der Waals surface area contributed by atoms with Crippen LogP contribution in [0.3, 0.4) is 0 Å². The van der Waals surface area contributed by atoms with Crippen molar-refractivity contribution in [2.24, 2.45) is 0 Å². The second kappa shape index (κ2) is 5.13. The van der Waals surface area contributed by atoms with Gasteiger partial charge in [-0.15, -0.1) is 0 Å². The number of aromatic nitrogens is 2. The first-order valence-corrected chi connectivity index (χ1v) is 7.06. The standard InChI is InChI=1S/C17H19N3O/c1-10(2)14-6-5-13(8-11(14)3)21-17-19-15-7-4-12(18)9-16(15)20-17/h4-10H,18H2,1-3H3,(H,19,20). The zero-order valence-electron chi connectivity index (χ0n) is 12.5. The number of ether oxygens (including phenoxy) is 1. The van der Waals surface area contributed by atoms with Crippen LogP contribution in [0.25, 0.3) is 11.0 Å². The Kier molecular flexibility index (Phi) is 3.29. The van der Waals surface area contributed by atoms with Gasteiger partial charge in [0.25, 0.3) is 6.01 Å². The van der Waals surface area contributed by atoms with Crippen LogP contribution in [-0.2, 0) is 0 Å². The maximum absolute atomic E-state index is 5.81. The van der Waals surface area contributed by atoms with Crippen molar-refractivity contribution in [3.8, 4) is 11.8 Å². The van der Waals surface area contributed by atoms with Gasteiger partial charge in [0.05, 0.1) is 11.0 Å². The molecule has 0 saturated heterocycles. The van der Waals surface area contributed by atoms with E-state index >= 15 is 0 Å². The molecule has 3 N–H and O–H groups in total. The van der Waals surface area contributed by atoms with E-state index in [4.69, 9.17) is 10.5 Å². The van der Waals surface area contributed by atoms with Crippen molar-refractivity contribution >= 4 is 16.7 Å². The molecule has 0 aliphatic rings. The highest BCUT2D eigenvalue weighted by atomic mass is 16.5. The molecule has 0 atom stereocenters. The molecule has 3 aromatic rings. The Bertz CT molecular complexity index is 790. The van der Waals surface area contributed by atoms with Crippen LogP contribution in [0, 0.1) is 6.92 Å². The first-order chi connectivity index (χ1) is 10.0. The van der Waals surface area contributed by atoms with Crippen molar-refractivity contribution in [3.05, 3.63) is 47.5 Å². The van der Waals surface area contributed by atoms with Gasteiger partial charge in [0, 0.05) is 5.69 Å². The van der Waals surface area contributed by atoms with Crippen molar-refractivity contribution < 1.29 is 4.74 Å². The predicted molar refractivity (Wildman–Crippen MR) is 85.8 cm³/mol. The summed E-state index contributed by atoms with van der Waals surface area (Å²) in [5.41, 5.74) is 10.7. The number of aryl methyl sites for hydroxylation is 1. The van der Waals surface area contributed by atoms with Crippen LogP contribution in [0.15, 0.2) is 36.4 Å². The third-order valence-electron chi connectivity index (χ3n) is 3.56. The van der Waals surface area contributed by atoms with E-state index in [-0.39, 0.29) is 0 Å². The molecular formula is C17H19N3O. The molecule has 0 saturated carbocycles. The Labute approximate surface area is 124 Å². The second-order valence-electron chi connectivity index (χ2n) is 5.59. The number of fused-ring (bicyclic) bond motifs is 1. The Morgan fingerprint density at radius 2 is 1.95 bits per heavy atom. The number of H-pyrrole nitrogens is 1. The molecule has 2 aromatic carbocycles. The molecule has 3 rings (SSSR count). The number of nitrogens with zero attached hydrogens (tertiary/aromatic N) is 1. The third-order valence-corrected chi connectivity index (χ3v) is 3.56. The lowest BCUT2D eigenvalue weighted by Crippen LogP contribution is -1.93. The number of anilines is 1. The second-order valence-corrected chi connectivity index (χ2v) is 5.59. The summed E-state index contributed by atoms with van der Waals surface area (Å²) in [6, 6.07) is 12.2. The quantitative estimate of drug-likeness (QED) is 0.701. The summed E-state index contributed by atoms with van der Waals surface area (Å²) in [6.45, 7) is 6.47. The van der Waals surface area contributed by atoms with Crippen molar-refractivity contribution in [2.75, 3.05) is 5.73 Å². The number of hydrogen-bond donors (Lipinski definition) is 2. The lowest BCUT2D eigenvalue weighted by atomic mass is 9.98. The largest absolute Gasteiger partial charge is 0.426 e. The highest BCUT2D eigenvalue weighted by Crippen LogP contribution is 2.27. The zero-order chi connectivity index (χ0) is 15.0. The molecular weight excluding hydrogens is 262 g/mol. The Balaban J connectivity index is 1.89. The van der Waals surface area contributed by atoms with Gasteiger partial charge in [-0.3, -0.25) is 0 Å². The van der Waals surface area contributed by atoms with Gasteiger partial charge in [-0.1, -0.05) is 19.9 Å². The molecule has 21 heavy (non-hydrogen) atoms. The van der Waals surface area contributed by atoms with E-state index in [0.29, 0.717) is 17.6 Å². The monoisotopic (exact) mass is 281 g/mol. The minimum atomic E-state index is 0.479. The van der Waals surface area contributed by atoms with Crippen molar-refractivity contribution in [3.63, 3.8) is 0 Å². The highest BCUT2D eigenvalue weighted by molar-refractivity contribution is 5.79. The van der Waals surface area contributed by atoms with Gasteiger partial charge < -0.3 is 15.5 Å². The van der Waals surface area contributed by atoms with Crippen LogP contribution >= 0.6 is 0 Å². The molecule has 0 unspecified atom stereocenters. The molecule has 0 amide bonds. The number of benzene rings is 2. The molecule has 4 nitrogen and oxygen atoms in total. The highest BCUT2D eigenvalue weighted by Gasteiger charge is 2.08. The third kappa shape index (κ3) is 2.70. The summed E-state index contributed by atoms with van der Waals surface area (Å²) in [5.74, 6) is 1.29. The van der Waals surface area contributed by atoms with Crippen LogP contribution < -0.4 is 10.5 Å². The van der Waals surface area contributed by atoms with Crippen molar-refractivity contribution in [1.82, 2.24) is 9.97 Å². The molecule has 4 heteroatoms. The zero-order valence-corrected chi connectivity index (χ0v) is 12.5. The summed E-state index contributed by atoms with van der Waals surface area (Å²) >= 11 is 0. The normalized spacial score (nSPS) is 11.2. The van der Waals surface area contributed by atoms with Crippen LogP contribution in [-0.4, -0.2) is 9.97 Å². The van der Waals surface area contributed by atoms with Crippen LogP contribution in [0.2, 0.25) is 0 Å². The Hall–Kier alpha value is -2.49. The summed E-state index contributed by atoms with van der Waals surface area (Å²) < 4.78 is 5.81. The van der Waals surface area contributed by atoms with Crippen LogP contribution in [0.5, 0.6) is 11.8 Å². The molecule has 0 spiro atoms. The maximum Gasteiger partial charge on any atom is 0.300 e. The molecule has 0 bridgehead atoms. The lowest BCUT2D eigenvalue weighted by Gasteiger charge is -2.11. The van der Waals surface area contributed by atoms with E-state index < -0.39 is 0 Å². The summed E-state index contributed by atoms with van der Waals surface area (Å²) in [5, 5.41) is 0. The van der Waals surface area contributed by atoms with Crippen LogP contribution in [0.4, 0.5) is 5.69 Å². The Morgan fingerprint density at radius 3 is 2.67 bits per heavy atom. The number of aromatic amines is 1. The van der Waals surface area contributed by atoms with E-state index in [0.717, 1.165) is 16.8 Å². The van der Waals surface area contributed by atoms with Gasteiger partial charge in [-0.25, -0.2) is 0 Å².